The van der Waals surface area contributed by atoms with E-state index in [1.807, 2.05) is 0 Å². The number of esters is 1. The molecule has 0 aliphatic carbocycles. The van der Waals surface area contributed by atoms with Gasteiger partial charge in [0.2, 0.25) is 0 Å². The van der Waals surface area contributed by atoms with Crippen molar-refractivity contribution in [2.75, 3.05) is 20.5 Å². The van der Waals surface area contributed by atoms with Crippen LogP contribution >= 0.6 is 0 Å². The van der Waals surface area contributed by atoms with Crippen LogP contribution in [0.15, 0.2) is 36.4 Å². The van der Waals surface area contributed by atoms with Gasteiger partial charge >= 0.3 is 5.97 Å². The van der Waals surface area contributed by atoms with Gasteiger partial charge in [0.25, 0.3) is 5.69 Å². The Morgan fingerprint density at radius 2 is 1.96 bits per heavy atom. The van der Waals surface area contributed by atoms with Gasteiger partial charge in [-0.1, -0.05) is 0 Å². The molecule has 0 amide bonds. The fourth-order valence-electron chi connectivity index (χ4n) is 2.51. The molecule has 9 nitrogen and oxygen atoms in total. The highest BCUT2D eigenvalue weighted by atomic mass is 16.7. The molecular weight excluding hydrogens is 358 g/mol. The SMILES string of the molecule is COc1ccc(OCC(=O)OCc2cc([N+](=O)[O-])cc3c2OCOC3)cc1. The maximum Gasteiger partial charge on any atom is 0.344 e. The van der Waals surface area contributed by atoms with Gasteiger partial charge in [0.15, 0.2) is 13.4 Å². The lowest BCUT2D eigenvalue weighted by atomic mass is 10.1. The van der Waals surface area contributed by atoms with Gasteiger partial charge < -0.3 is 23.7 Å². The van der Waals surface area contributed by atoms with Crippen molar-refractivity contribution in [3.8, 4) is 17.2 Å². The molecule has 0 aromatic heterocycles. The quantitative estimate of drug-likeness (QED) is 0.413. The molecule has 0 saturated heterocycles. The highest BCUT2D eigenvalue weighted by Crippen LogP contribution is 2.33. The molecule has 0 spiro atoms. The lowest BCUT2D eigenvalue weighted by Gasteiger charge is -2.20. The Bertz CT molecular complexity index is 834. The molecular formula is C18H17NO8. The van der Waals surface area contributed by atoms with Gasteiger partial charge in [0.1, 0.15) is 23.9 Å². The van der Waals surface area contributed by atoms with E-state index in [0.717, 1.165) is 0 Å². The van der Waals surface area contributed by atoms with E-state index in [1.165, 1.54) is 12.1 Å². The average Bonchev–Trinajstić information content (AvgIpc) is 2.70. The molecule has 27 heavy (non-hydrogen) atoms. The Labute approximate surface area is 154 Å². The summed E-state index contributed by atoms with van der Waals surface area (Å²) in [6, 6.07) is 9.44. The van der Waals surface area contributed by atoms with Crippen molar-refractivity contribution in [2.45, 2.75) is 13.2 Å². The van der Waals surface area contributed by atoms with Crippen LogP contribution in [-0.4, -0.2) is 31.4 Å². The molecule has 0 fully saturated rings. The fourth-order valence-corrected chi connectivity index (χ4v) is 2.51. The van der Waals surface area contributed by atoms with Crippen molar-refractivity contribution >= 4 is 11.7 Å². The molecule has 3 rings (SSSR count). The molecule has 9 heteroatoms. The summed E-state index contributed by atoms with van der Waals surface area (Å²) in [5.41, 5.74) is 0.819. The Hall–Kier alpha value is -3.33. The first-order chi connectivity index (χ1) is 13.1. The molecule has 0 saturated carbocycles. The Morgan fingerprint density at radius 3 is 2.67 bits per heavy atom. The van der Waals surface area contributed by atoms with Crippen molar-refractivity contribution in [2.24, 2.45) is 0 Å². The van der Waals surface area contributed by atoms with Crippen molar-refractivity contribution in [1.29, 1.82) is 0 Å². The summed E-state index contributed by atoms with van der Waals surface area (Å²) < 4.78 is 26.1. The topological polar surface area (TPSA) is 106 Å². The first-order valence-corrected chi connectivity index (χ1v) is 8.00. The van der Waals surface area contributed by atoms with Crippen molar-refractivity contribution in [3.05, 3.63) is 57.6 Å². The lowest BCUT2D eigenvalue weighted by molar-refractivity contribution is -0.385. The van der Waals surface area contributed by atoms with Crippen LogP contribution in [0.4, 0.5) is 5.69 Å². The first-order valence-electron chi connectivity index (χ1n) is 8.00. The summed E-state index contributed by atoms with van der Waals surface area (Å²) in [6.07, 6.45) is 0. The third kappa shape index (κ3) is 4.64. The van der Waals surface area contributed by atoms with Crippen molar-refractivity contribution in [3.63, 3.8) is 0 Å². The van der Waals surface area contributed by atoms with Gasteiger partial charge in [-0.2, -0.15) is 0 Å². The van der Waals surface area contributed by atoms with Gasteiger partial charge in [-0.15, -0.1) is 0 Å². The zero-order valence-corrected chi connectivity index (χ0v) is 14.5. The van der Waals surface area contributed by atoms with Gasteiger partial charge in [-0.25, -0.2) is 4.79 Å². The highest BCUT2D eigenvalue weighted by Gasteiger charge is 2.21. The number of nitro benzene ring substituents is 1. The number of rotatable bonds is 7. The predicted octanol–water partition coefficient (Wildman–Crippen LogP) is 2.59. The Kier molecular flexibility index (Phi) is 5.72. The van der Waals surface area contributed by atoms with E-state index in [0.29, 0.717) is 28.4 Å². The minimum atomic E-state index is -0.613. The monoisotopic (exact) mass is 375 g/mol. The standard InChI is InChI=1S/C18H17NO8/c1-23-15-2-4-16(5-3-15)25-10-17(20)26-9-13-7-14(19(21)22)6-12-8-24-11-27-18(12)13/h2-7H,8-11H2,1H3. The molecule has 0 atom stereocenters. The summed E-state index contributed by atoms with van der Waals surface area (Å²) >= 11 is 0. The zero-order chi connectivity index (χ0) is 19.2. The second kappa shape index (κ2) is 8.37. The highest BCUT2D eigenvalue weighted by molar-refractivity contribution is 5.71. The van der Waals surface area contributed by atoms with Crippen LogP contribution < -0.4 is 14.2 Å². The molecule has 0 N–H and O–H groups in total. The number of carbonyl (C=O) groups excluding carboxylic acids is 1. The van der Waals surface area contributed by atoms with E-state index in [-0.39, 0.29) is 32.3 Å². The Morgan fingerprint density at radius 1 is 1.22 bits per heavy atom. The van der Waals surface area contributed by atoms with Crippen LogP contribution in [0.25, 0.3) is 0 Å². The fraction of sp³-hybridized carbons (Fsp3) is 0.278. The van der Waals surface area contributed by atoms with Gasteiger partial charge in [0.05, 0.1) is 18.6 Å². The summed E-state index contributed by atoms with van der Waals surface area (Å²) in [7, 11) is 1.55. The summed E-state index contributed by atoms with van der Waals surface area (Å²) in [6.45, 7) is -0.243. The van der Waals surface area contributed by atoms with Gasteiger partial charge in [-0.3, -0.25) is 10.1 Å². The minimum Gasteiger partial charge on any atom is -0.497 e. The summed E-state index contributed by atoms with van der Waals surface area (Å²) in [5, 5.41) is 11.1. The molecule has 0 unspecified atom stereocenters. The number of carbonyl (C=O) groups is 1. The van der Waals surface area contributed by atoms with Crippen molar-refractivity contribution < 1.29 is 33.4 Å². The molecule has 0 bridgehead atoms. The third-order valence-corrected chi connectivity index (χ3v) is 3.79. The van der Waals surface area contributed by atoms with E-state index in [4.69, 9.17) is 23.7 Å². The zero-order valence-electron chi connectivity index (χ0n) is 14.5. The molecule has 1 aliphatic heterocycles. The van der Waals surface area contributed by atoms with Crippen LogP contribution in [0.5, 0.6) is 17.2 Å². The number of nitro groups is 1. The number of non-ortho nitro benzene ring substituents is 1. The molecule has 2 aromatic carbocycles. The van der Waals surface area contributed by atoms with Gasteiger partial charge in [0, 0.05) is 23.3 Å². The number of nitrogens with zero attached hydrogens (tertiary/aromatic N) is 1. The molecule has 1 aliphatic rings. The van der Waals surface area contributed by atoms with E-state index in [2.05, 4.69) is 0 Å². The number of methoxy groups -OCH3 is 1. The molecule has 142 valence electrons. The van der Waals surface area contributed by atoms with Crippen LogP contribution in [0, 0.1) is 10.1 Å². The number of hydrogen-bond acceptors (Lipinski definition) is 8. The van der Waals surface area contributed by atoms with Crippen LogP contribution in [-0.2, 0) is 27.5 Å². The number of hydrogen-bond donors (Lipinski definition) is 0. The number of fused-ring (bicyclic) bond motifs is 1. The second-order valence-electron chi connectivity index (χ2n) is 5.59. The van der Waals surface area contributed by atoms with Crippen LogP contribution in [0.1, 0.15) is 11.1 Å². The summed E-state index contributed by atoms with van der Waals surface area (Å²) in [4.78, 5) is 22.5. The largest absolute Gasteiger partial charge is 0.497 e. The molecule has 1 heterocycles. The average molecular weight is 375 g/mol. The molecule has 0 radical (unpaired) electrons. The van der Waals surface area contributed by atoms with Crippen molar-refractivity contribution in [1.82, 2.24) is 0 Å². The van der Waals surface area contributed by atoms with Crippen LogP contribution in [0.3, 0.4) is 0 Å². The summed E-state index contributed by atoms with van der Waals surface area (Å²) in [5.74, 6) is 0.985. The normalized spacial score (nSPS) is 12.5. The van der Waals surface area contributed by atoms with E-state index < -0.39 is 10.9 Å². The van der Waals surface area contributed by atoms with E-state index >= 15 is 0 Å². The van der Waals surface area contributed by atoms with E-state index in [1.54, 1.807) is 31.4 Å². The smallest absolute Gasteiger partial charge is 0.344 e. The van der Waals surface area contributed by atoms with Gasteiger partial charge in [-0.05, 0) is 24.3 Å². The minimum absolute atomic E-state index is 0.0341. The maximum atomic E-state index is 11.9. The third-order valence-electron chi connectivity index (χ3n) is 3.79. The lowest BCUT2D eigenvalue weighted by Crippen LogP contribution is -2.17. The van der Waals surface area contributed by atoms with E-state index in [9.17, 15) is 14.9 Å². The second-order valence-corrected chi connectivity index (χ2v) is 5.59. The predicted molar refractivity (Wildman–Crippen MR) is 91.7 cm³/mol. The molecule has 2 aromatic rings. The first kappa shape index (κ1) is 18.5. The number of ether oxygens (including phenoxy) is 5. The van der Waals surface area contributed by atoms with Crippen LogP contribution in [0.2, 0.25) is 0 Å². The Balaban J connectivity index is 1.60. The number of benzene rings is 2. The maximum absolute atomic E-state index is 11.9.